The van der Waals surface area contributed by atoms with Crippen molar-refractivity contribution >= 4 is 39.3 Å². The van der Waals surface area contributed by atoms with Gasteiger partial charge in [-0.1, -0.05) is 12.5 Å². The summed E-state index contributed by atoms with van der Waals surface area (Å²) in [4.78, 5) is 22.8. The highest BCUT2D eigenvalue weighted by Crippen LogP contribution is 2.43. The van der Waals surface area contributed by atoms with Crippen molar-refractivity contribution in [3.05, 3.63) is 28.2 Å². The number of benzene rings is 1. The number of ketones is 1. The number of carbonyl (C=O) groups excluding carboxylic acids is 1. The number of aliphatic imine (C=N–C) groups is 2. The van der Waals surface area contributed by atoms with Crippen LogP contribution >= 0.6 is 15.9 Å². The Labute approximate surface area is 143 Å². The second-order valence-corrected chi connectivity index (χ2v) is 6.87. The van der Waals surface area contributed by atoms with E-state index in [1.807, 2.05) is 17.0 Å². The van der Waals surface area contributed by atoms with Crippen molar-refractivity contribution in [3.8, 4) is 0 Å². The lowest BCUT2D eigenvalue weighted by Crippen LogP contribution is -2.58. The first-order valence-corrected chi connectivity index (χ1v) is 8.53. The van der Waals surface area contributed by atoms with E-state index in [9.17, 15) is 4.79 Å². The molecule has 23 heavy (non-hydrogen) atoms. The van der Waals surface area contributed by atoms with Gasteiger partial charge in [-0.3, -0.25) is 9.69 Å². The monoisotopic (exact) mass is 377 g/mol. The van der Waals surface area contributed by atoms with Crippen LogP contribution in [0.3, 0.4) is 0 Å². The molecule has 1 aliphatic heterocycles. The Balaban J connectivity index is 2.21. The molecule has 0 aromatic heterocycles. The van der Waals surface area contributed by atoms with Gasteiger partial charge in [0, 0.05) is 10.0 Å². The third kappa shape index (κ3) is 2.73. The Bertz CT molecular complexity index is 706. The number of nitrogens with zero attached hydrogens (tertiary/aromatic N) is 3. The predicted octanol–water partition coefficient (Wildman–Crippen LogP) is 2.76. The first-order chi connectivity index (χ1) is 10.9. The molecular formula is C16H20BrN5O. The van der Waals surface area contributed by atoms with Crippen LogP contribution in [0.2, 0.25) is 0 Å². The SMILES string of the molecule is CC(=O)c1cccc(Br)c1N1C(N)=NC(N)=NC12CCCCC2. The number of hydrogen-bond donors (Lipinski definition) is 2. The van der Waals surface area contributed by atoms with Crippen LogP contribution < -0.4 is 16.4 Å². The molecule has 0 unspecified atom stereocenters. The number of nitrogens with two attached hydrogens (primary N) is 2. The normalized spacial score (nSPS) is 20.2. The highest BCUT2D eigenvalue weighted by atomic mass is 79.9. The van der Waals surface area contributed by atoms with Gasteiger partial charge in [0.05, 0.1) is 5.69 Å². The molecule has 6 nitrogen and oxygen atoms in total. The van der Waals surface area contributed by atoms with Crippen LogP contribution in [0.15, 0.2) is 32.7 Å². The van der Waals surface area contributed by atoms with Crippen LogP contribution in [0.4, 0.5) is 5.69 Å². The largest absolute Gasteiger partial charge is 0.369 e. The van der Waals surface area contributed by atoms with E-state index < -0.39 is 5.66 Å². The van der Waals surface area contributed by atoms with Crippen LogP contribution in [0, 0.1) is 0 Å². The molecule has 0 radical (unpaired) electrons. The molecule has 2 aliphatic rings. The highest BCUT2D eigenvalue weighted by molar-refractivity contribution is 9.10. The van der Waals surface area contributed by atoms with Crippen molar-refractivity contribution in [3.63, 3.8) is 0 Å². The fourth-order valence-electron chi connectivity index (χ4n) is 3.47. The standard InChI is InChI=1S/C16H20BrN5O/c1-10(23)11-6-5-7-12(17)13(11)22-15(19)20-14(18)21-16(22)8-3-2-4-9-16/h5-7H,2-4,8-9H2,1H3,(H4,18,19,20,21). The first kappa shape index (κ1) is 16.0. The number of hydrogen-bond acceptors (Lipinski definition) is 6. The number of anilines is 1. The molecule has 1 fully saturated rings. The Morgan fingerprint density at radius 2 is 1.96 bits per heavy atom. The molecule has 1 heterocycles. The molecule has 7 heteroatoms. The summed E-state index contributed by atoms with van der Waals surface area (Å²) in [5, 5.41) is 0. The van der Waals surface area contributed by atoms with E-state index in [4.69, 9.17) is 11.5 Å². The minimum Gasteiger partial charge on any atom is -0.369 e. The van der Waals surface area contributed by atoms with Crippen molar-refractivity contribution < 1.29 is 4.79 Å². The fraction of sp³-hybridized carbons (Fsp3) is 0.438. The zero-order valence-electron chi connectivity index (χ0n) is 13.1. The van der Waals surface area contributed by atoms with Crippen LogP contribution in [-0.4, -0.2) is 23.4 Å². The van der Waals surface area contributed by atoms with Crippen LogP contribution in [0.1, 0.15) is 49.4 Å². The van der Waals surface area contributed by atoms with Gasteiger partial charge in [-0.25, -0.2) is 4.99 Å². The lowest BCUT2D eigenvalue weighted by molar-refractivity contribution is 0.101. The summed E-state index contributed by atoms with van der Waals surface area (Å²) in [5.41, 5.74) is 12.9. The molecule has 1 aliphatic carbocycles. The summed E-state index contributed by atoms with van der Waals surface area (Å²) in [6.45, 7) is 1.55. The van der Waals surface area contributed by atoms with Crippen LogP contribution in [-0.2, 0) is 0 Å². The van der Waals surface area contributed by atoms with Gasteiger partial charge in [-0.2, -0.15) is 4.99 Å². The number of para-hydroxylation sites is 1. The van der Waals surface area contributed by atoms with Gasteiger partial charge in [-0.15, -0.1) is 0 Å². The lowest BCUT2D eigenvalue weighted by atomic mass is 9.86. The summed E-state index contributed by atoms with van der Waals surface area (Å²) in [6.07, 6.45) is 4.92. The number of halogens is 1. The molecule has 1 saturated carbocycles. The summed E-state index contributed by atoms with van der Waals surface area (Å²) in [7, 11) is 0. The molecule has 1 aromatic rings. The molecule has 0 amide bonds. The third-order valence-electron chi connectivity index (χ3n) is 4.44. The highest BCUT2D eigenvalue weighted by Gasteiger charge is 2.44. The predicted molar refractivity (Wildman–Crippen MR) is 95.7 cm³/mol. The van der Waals surface area contributed by atoms with Crippen molar-refractivity contribution in [2.24, 2.45) is 21.5 Å². The second-order valence-electron chi connectivity index (χ2n) is 6.01. The fourth-order valence-corrected chi connectivity index (χ4v) is 4.02. The van der Waals surface area contributed by atoms with E-state index in [1.165, 1.54) is 0 Å². The van der Waals surface area contributed by atoms with Crippen molar-refractivity contribution in [1.29, 1.82) is 0 Å². The topological polar surface area (TPSA) is 97.1 Å². The molecule has 4 N–H and O–H groups in total. The maximum atomic E-state index is 12.1. The molecule has 3 rings (SSSR count). The number of rotatable bonds is 2. The second kappa shape index (κ2) is 5.96. The minimum absolute atomic E-state index is 0.0254. The zero-order valence-corrected chi connectivity index (χ0v) is 14.6. The van der Waals surface area contributed by atoms with Crippen molar-refractivity contribution in [2.45, 2.75) is 44.7 Å². The van der Waals surface area contributed by atoms with Gasteiger partial charge in [0.25, 0.3) is 0 Å². The van der Waals surface area contributed by atoms with Gasteiger partial charge in [0.15, 0.2) is 5.78 Å². The molecule has 0 saturated heterocycles. The van der Waals surface area contributed by atoms with E-state index >= 15 is 0 Å². The molecule has 1 spiro atoms. The molecular weight excluding hydrogens is 358 g/mol. The molecule has 122 valence electrons. The average Bonchev–Trinajstić information content (AvgIpc) is 2.48. The van der Waals surface area contributed by atoms with Gasteiger partial charge in [-0.05, 0) is 60.7 Å². The summed E-state index contributed by atoms with van der Waals surface area (Å²) in [6, 6.07) is 5.54. The Morgan fingerprint density at radius 3 is 2.61 bits per heavy atom. The Hall–Kier alpha value is -1.89. The molecule has 1 aromatic carbocycles. The first-order valence-electron chi connectivity index (χ1n) is 7.74. The Morgan fingerprint density at radius 1 is 1.26 bits per heavy atom. The summed E-state index contributed by atoms with van der Waals surface area (Å²) in [5.74, 6) is 0.466. The molecule has 0 bridgehead atoms. The van der Waals surface area contributed by atoms with Gasteiger partial charge < -0.3 is 11.5 Å². The summed E-state index contributed by atoms with van der Waals surface area (Å²) < 4.78 is 0.795. The summed E-state index contributed by atoms with van der Waals surface area (Å²) >= 11 is 3.56. The molecule has 0 atom stereocenters. The maximum Gasteiger partial charge on any atom is 0.220 e. The van der Waals surface area contributed by atoms with Crippen LogP contribution in [0.25, 0.3) is 0 Å². The number of Topliss-reactive ketones (excluding diaryl/α,β-unsaturated/α-hetero) is 1. The van der Waals surface area contributed by atoms with E-state index in [0.717, 1.165) is 42.3 Å². The average molecular weight is 378 g/mol. The van der Waals surface area contributed by atoms with E-state index in [2.05, 4.69) is 25.9 Å². The van der Waals surface area contributed by atoms with E-state index in [0.29, 0.717) is 5.56 Å². The van der Waals surface area contributed by atoms with Crippen molar-refractivity contribution in [1.82, 2.24) is 0 Å². The maximum absolute atomic E-state index is 12.1. The van der Waals surface area contributed by atoms with Crippen LogP contribution in [0.5, 0.6) is 0 Å². The quantitative estimate of drug-likeness (QED) is 0.774. The van der Waals surface area contributed by atoms with Crippen molar-refractivity contribution in [2.75, 3.05) is 4.90 Å². The van der Waals surface area contributed by atoms with Gasteiger partial charge in [0.2, 0.25) is 11.9 Å². The number of carbonyl (C=O) groups is 1. The zero-order chi connectivity index (χ0) is 16.6. The smallest absolute Gasteiger partial charge is 0.220 e. The minimum atomic E-state index is -0.553. The van der Waals surface area contributed by atoms with E-state index in [1.54, 1.807) is 13.0 Å². The third-order valence-corrected chi connectivity index (χ3v) is 5.08. The van der Waals surface area contributed by atoms with E-state index in [-0.39, 0.29) is 17.7 Å². The Kier molecular flexibility index (Phi) is 4.14. The lowest BCUT2D eigenvalue weighted by Gasteiger charge is -2.46. The number of guanidine groups is 2. The van der Waals surface area contributed by atoms with Gasteiger partial charge >= 0.3 is 0 Å². The van der Waals surface area contributed by atoms with Gasteiger partial charge in [0.1, 0.15) is 5.66 Å².